The van der Waals surface area contributed by atoms with Crippen LogP contribution >= 0.6 is 0 Å². The second-order valence-electron chi connectivity index (χ2n) is 42.1. The zero-order valence-electron chi connectivity index (χ0n) is 79.4. The second kappa shape index (κ2) is 47.1. The van der Waals surface area contributed by atoms with Gasteiger partial charge in [0, 0.05) is 155 Å². The van der Waals surface area contributed by atoms with Gasteiger partial charge in [-0.2, -0.15) is 13.2 Å². The molecule has 108 heavy (non-hydrogen) atoms. The van der Waals surface area contributed by atoms with Gasteiger partial charge in [0.25, 0.3) is 0 Å². The maximum atomic E-state index is 12.6. The highest BCUT2D eigenvalue weighted by Gasteiger charge is 2.54. The Labute approximate surface area is 673 Å². The van der Waals surface area contributed by atoms with Gasteiger partial charge in [0.2, 0.25) is 0 Å². The maximum Gasteiger partial charge on any atom is 0.393 e. The Hall–Kier alpha value is -0.610. The predicted octanol–water partition coefficient (Wildman–Crippen LogP) is 23.7. The number of piperidine rings is 1. The van der Waals surface area contributed by atoms with Crippen LogP contribution in [0.15, 0.2) is 0 Å². The number of ether oxygens (including phenoxy) is 1. The summed E-state index contributed by atoms with van der Waals surface area (Å²) in [5.41, 5.74) is 0. The van der Waals surface area contributed by atoms with Crippen LogP contribution in [-0.4, -0.2) is 218 Å². The zero-order chi connectivity index (χ0) is 82.8. The summed E-state index contributed by atoms with van der Waals surface area (Å²) >= 11 is 0. The lowest BCUT2D eigenvalue weighted by atomic mass is 9.92. The van der Waals surface area contributed by atoms with Gasteiger partial charge in [-0.1, -0.05) is 151 Å². The van der Waals surface area contributed by atoms with Gasteiger partial charge < -0.3 is 4.74 Å². The summed E-state index contributed by atoms with van der Waals surface area (Å²) < 4.78 is 43.1. The Morgan fingerprint density at radius 1 is 0.380 bits per heavy atom. The first-order chi connectivity index (χ1) is 50.0. The van der Waals surface area contributed by atoms with E-state index in [0.717, 1.165) is 162 Å². The van der Waals surface area contributed by atoms with E-state index in [1.165, 1.54) is 110 Å². The van der Waals surface area contributed by atoms with E-state index in [9.17, 15) is 13.2 Å². The topological polar surface area (TPSA) is 38.4 Å². The summed E-state index contributed by atoms with van der Waals surface area (Å²) in [6, 6.07) is 14.3. The van der Waals surface area contributed by atoms with Gasteiger partial charge in [0.15, 0.2) is 0 Å². The minimum Gasteiger partial charge on any atom is -0.384 e. The number of nitrogens with zero attached hydrogens (tertiary/aromatic N) is 9. The summed E-state index contributed by atoms with van der Waals surface area (Å²) in [5, 5.41) is 4.89. The summed E-state index contributed by atoms with van der Waals surface area (Å²) in [6.45, 7) is 90.3. The first-order valence-electron chi connectivity index (χ1n) is 46.5. The van der Waals surface area contributed by atoms with E-state index < -0.39 is 12.1 Å². The Kier molecular flexibility index (Phi) is 44.3. The molecule has 0 aromatic heterocycles. The summed E-state index contributed by atoms with van der Waals surface area (Å²) in [4.78, 5) is 18.4. The average Bonchev–Trinajstić information content (AvgIpc) is 1.59. The molecule has 0 radical (unpaired) electrons. The zero-order valence-corrected chi connectivity index (χ0v) is 79.4. The summed E-state index contributed by atoms with van der Waals surface area (Å²) in [5.74, 6) is 10.4. The molecule has 0 bridgehead atoms. The third-order valence-electron chi connectivity index (χ3n) is 28.2. The Bertz CT molecular complexity index is 2250. The van der Waals surface area contributed by atoms with Gasteiger partial charge in [-0.15, -0.1) is 0 Å². The van der Waals surface area contributed by atoms with Crippen molar-refractivity contribution < 1.29 is 17.9 Å². The SMILES string of the molecule is CC(C)C1CC[C@@H](C(C)C)N1C(C)C.CC(C)[C@@H]1C(C)CCN1C(C)C.CC(C)[C@@H]1C2CC2CN1C(C)C.CC(C)[C@@H]1CC(C(F)(F)F)CN1C(C)C.CC(C)[C@@H]1CC2CCCC2N1C(C)C.CC(C)[C@@H]1CCN(C)N1C(C)C.CCCC1CC[C@@H](C(C)C)N1C(C)C.COCC1C[C@@H](C(C)C)N(C(C)C)C1C. The van der Waals surface area contributed by atoms with E-state index in [1.807, 2.05) is 39.7 Å². The molecule has 10 rings (SSSR count). The number of rotatable bonds is 21. The minimum atomic E-state index is -4.03. The lowest BCUT2D eigenvalue weighted by Gasteiger charge is -2.37. The number of hydrogen-bond acceptors (Lipinski definition) is 10. The van der Waals surface area contributed by atoms with Crippen LogP contribution in [0.3, 0.4) is 0 Å². The molecule has 0 N–H and O–H groups in total. The van der Waals surface area contributed by atoms with Crippen LogP contribution in [0.1, 0.15) is 352 Å². The van der Waals surface area contributed by atoms with Crippen molar-refractivity contribution in [1.82, 2.24) is 44.3 Å². The molecular weight excluding hydrogens is 1340 g/mol. The monoisotopic (exact) mass is 1530 g/mol. The molecule has 10 unspecified atom stereocenters. The van der Waals surface area contributed by atoms with Crippen LogP contribution in [0, 0.1) is 88.8 Å². The number of alkyl halides is 3. The highest BCUT2D eigenvalue weighted by Crippen LogP contribution is 2.52. The summed E-state index contributed by atoms with van der Waals surface area (Å²) in [6.07, 6.45) is 16.0. The van der Waals surface area contributed by atoms with Gasteiger partial charge >= 0.3 is 6.18 Å². The largest absolute Gasteiger partial charge is 0.393 e. The van der Waals surface area contributed by atoms with Crippen LogP contribution in [0.25, 0.3) is 0 Å². The standard InChI is InChI=1S/C13H27NO.C13H25N.2C13H27N.C11H20F3N.C11H21N.C11H23N.C10H22N2/c1-9(2)13-7-12(8-15-6)11(5)14(13)10(3)4;1-9(2)13-8-11-6-5-7-12(11)14(13)10(3)4;1-9(2)12-7-8-13(10(3)4)14(12)11(5)6;1-6-7-12-8-9-13(10(2)3)14(12)11(4)5;1-7(2)10-5-9(11(12,13)14)6-15(10)8(3)4;1-7(2)11-10-5-9(10)6-12(11)8(3)4;1-8(2)11-10(5)6-7-12(11)9(3)4;1-8(2)10-6-7-11(5)12(10)9(3)4/h9-13H,7-8H2,1-6H3;9-13H,5-8H2,1-4H3;9-13H,7-8H2,1-6H3;10-13H,6-9H2,1-5H3;7-10H,5-6H2,1-4H3;7-11H,5-6H2,1-4H3;8-11H,6-7H2,1-5H3;8-10H,6-7H2,1-5H3/t2*11?,12?,13-;12-,13?;12?,13-;9?,10-;9?,10?,11-;10?,11-;10-/m00000110/s1. The first kappa shape index (κ1) is 102. The molecule has 2 aliphatic carbocycles. The van der Waals surface area contributed by atoms with Crippen molar-refractivity contribution >= 4 is 0 Å². The van der Waals surface area contributed by atoms with Crippen molar-refractivity contribution in [3.63, 3.8) is 0 Å². The molecule has 8 aliphatic heterocycles. The lowest BCUT2D eigenvalue weighted by molar-refractivity contribution is -0.171. The van der Waals surface area contributed by atoms with Gasteiger partial charge in [0.1, 0.15) is 0 Å². The van der Waals surface area contributed by atoms with Crippen molar-refractivity contribution in [1.29, 1.82) is 0 Å². The first-order valence-corrected chi connectivity index (χ1v) is 46.5. The molecule has 8 saturated heterocycles. The Morgan fingerprint density at radius 3 is 1.19 bits per heavy atom. The number of likely N-dealkylation sites (tertiary alicyclic amines) is 7. The third kappa shape index (κ3) is 28.9. The van der Waals surface area contributed by atoms with Crippen LogP contribution in [0.2, 0.25) is 0 Å². The molecule has 10 aliphatic rings. The van der Waals surface area contributed by atoms with Gasteiger partial charge in [-0.25, -0.2) is 10.0 Å². The lowest BCUT2D eigenvalue weighted by Crippen LogP contribution is -2.45. The molecule has 18 atom stereocenters. The van der Waals surface area contributed by atoms with Crippen LogP contribution in [0.4, 0.5) is 13.2 Å². The van der Waals surface area contributed by atoms with Crippen molar-refractivity contribution in [3.05, 3.63) is 0 Å². The van der Waals surface area contributed by atoms with Crippen molar-refractivity contribution in [2.45, 2.75) is 480 Å². The molecule has 13 heteroatoms. The van der Waals surface area contributed by atoms with E-state index in [0.29, 0.717) is 36.0 Å². The van der Waals surface area contributed by atoms with E-state index in [-0.39, 0.29) is 25.0 Å². The minimum absolute atomic E-state index is 0.0802. The predicted molar refractivity (Wildman–Crippen MR) is 467 cm³/mol. The normalized spacial score (nSPS) is 32.6. The van der Waals surface area contributed by atoms with Gasteiger partial charge in [-0.05, 0) is 291 Å². The number of methoxy groups -OCH3 is 1. The van der Waals surface area contributed by atoms with E-state index >= 15 is 0 Å². The van der Waals surface area contributed by atoms with Crippen molar-refractivity contribution in [2.75, 3.05) is 46.9 Å². The quantitative estimate of drug-likeness (QED) is 0.111. The molecular formula is C95H192F3N9O. The van der Waals surface area contributed by atoms with E-state index in [4.69, 9.17) is 4.74 Å². The maximum absolute atomic E-state index is 12.6. The van der Waals surface area contributed by atoms with Gasteiger partial charge in [-0.3, -0.25) is 34.3 Å². The van der Waals surface area contributed by atoms with E-state index in [2.05, 4.69) is 275 Å². The van der Waals surface area contributed by atoms with Gasteiger partial charge in [0.05, 0.1) is 12.5 Å². The molecule has 0 aromatic carbocycles. The van der Waals surface area contributed by atoms with Crippen LogP contribution in [0.5, 0.6) is 0 Å². The number of fused-ring (bicyclic) bond motifs is 2. The highest BCUT2D eigenvalue weighted by molar-refractivity contribution is 5.06. The molecule has 0 spiro atoms. The number of halogens is 3. The average molecular weight is 1530 g/mol. The number of hydrazine groups is 1. The fourth-order valence-corrected chi connectivity index (χ4v) is 23.1. The molecule has 10 nitrogen and oxygen atoms in total. The van der Waals surface area contributed by atoms with Crippen molar-refractivity contribution in [2.24, 2.45) is 88.8 Å². The molecule has 0 amide bonds. The van der Waals surface area contributed by atoms with Crippen LogP contribution < -0.4 is 0 Å². The Balaban J connectivity index is 0.000000320. The smallest absolute Gasteiger partial charge is 0.384 e. The second-order valence-corrected chi connectivity index (χ2v) is 42.1. The fourth-order valence-electron chi connectivity index (χ4n) is 23.1. The van der Waals surface area contributed by atoms with Crippen molar-refractivity contribution in [3.8, 4) is 0 Å². The molecule has 0 aromatic rings. The molecule has 8 heterocycles. The molecule has 10 fully saturated rings. The molecule has 2 saturated carbocycles. The van der Waals surface area contributed by atoms with E-state index in [1.54, 1.807) is 0 Å². The Morgan fingerprint density at radius 2 is 0.833 bits per heavy atom. The third-order valence-corrected chi connectivity index (χ3v) is 28.2. The fraction of sp³-hybridized carbons (Fsp3) is 1.00. The number of hydrogen-bond donors (Lipinski definition) is 0. The highest BCUT2D eigenvalue weighted by atomic mass is 19.4. The summed E-state index contributed by atoms with van der Waals surface area (Å²) in [7, 11) is 4.01. The van der Waals surface area contributed by atoms with Crippen LogP contribution in [-0.2, 0) is 4.74 Å². The molecule has 644 valence electrons.